The Morgan fingerprint density at radius 2 is 1.49 bits per heavy atom. The van der Waals surface area contributed by atoms with E-state index in [0.717, 1.165) is 11.1 Å². The minimum atomic E-state index is -1.57. The number of amides is 1. The molecule has 3 aromatic rings. The first kappa shape index (κ1) is 24.0. The van der Waals surface area contributed by atoms with Crippen LogP contribution in [0.4, 0.5) is 0 Å². The first-order chi connectivity index (χ1) is 16.8. The van der Waals surface area contributed by atoms with Crippen molar-refractivity contribution in [3.05, 3.63) is 125 Å². The van der Waals surface area contributed by atoms with Gasteiger partial charge in [-0.05, 0) is 38.0 Å². The van der Waals surface area contributed by atoms with Crippen LogP contribution < -0.4 is 0 Å². The van der Waals surface area contributed by atoms with Crippen LogP contribution >= 0.6 is 0 Å². The summed E-state index contributed by atoms with van der Waals surface area (Å²) in [7, 11) is 0. The lowest BCUT2D eigenvalue weighted by Gasteiger charge is -2.39. The zero-order valence-electron chi connectivity index (χ0n) is 20.1. The van der Waals surface area contributed by atoms with Crippen LogP contribution in [-0.2, 0) is 19.9 Å². The van der Waals surface area contributed by atoms with Gasteiger partial charge in [0.05, 0.1) is 5.92 Å². The van der Waals surface area contributed by atoms with Gasteiger partial charge in [-0.3, -0.25) is 19.3 Å². The highest BCUT2D eigenvalue weighted by atomic mass is 16.6. The summed E-state index contributed by atoms with van der Waals surface area (Å²) < 4.78 is 5.55. The molecular weight excluding hydrogens is 436 g/mol. The fourth-order valence-corrected chi connectivity index (χ4v) is 4.51. The van der Waals surface area contributed by atoms with E-state index < -0.39 is 28.9 Å². The Morgan fingerprint density at radius 3 is 2.03 bits per heavy atom. The minimum Gasteiger partial charge on any atom is -0.459 e. The third-order valence-corrected chi connectivity index (χ3v) is 5.96. The molecule has 3 aromatic carbocycles. The molecule has 1 aliphatic heterocycles. The van der Waals surface area contributed by atoms with Gasteiger partial charge in [0, 0.05) is 11.3 Å². The fraction of sp³-hybridized carbons (Fsp3) is 0.233. The molecule has 5 nitrogen and oxygen atoms in total. The topological polar surface area (TPSA) is 51.0 Å². The maximum absolute atomic E-state index is 14.4. The summed E-state index contributed by atoms with van der Waals surface area (Å²) in [5.41, 5.74) is 0.554. The second-order valence-electron chi connectivity index (χ2n) is 9.53. The molecule has 1 amide bonds. The molecule has 0 unspecified atom stereocenters. The van der Waals surface area contributed by atoms with Crippen molar-refractivity contribution in [2.45, 2.75) is 37.8 Å². The van der Waals surface area contributed by atoms with Gasteiger partial charge in [0.25, 0.3) is 0 Å². The van der Waals surface area contributed by atoms with Gasteiger partial charge in [0.15, 0.2) is 0 Å². The Hall–Kier alpha value is -4.17. The van der Waals surface area contributed by atoms with Gasteiger partial charge < -0.3 is 4.74 Å². The van der Waals surface area contributed by atoms with Crippen LogP contribution in [0.2, 0.25) is 0 Å². The zero-order chi connectivity index (χ0) is 25.1. The van der Waals surface area contributed by atoms with Gasteiger partial charge in [0.1, 0.15) is 12.1 Å². The third-order valence-electron chi connectivity index (χ3n) is 5.96. The molecule has 0 fully saturated rings. The summed E-state index contributed by atoms with van der Waals surface area (Å²) in [4.78, 5) is 32.7. The Bertz CT molecular complexity index is 1270. The average molecular weight is 465 g/mol. The molecule has 0 aromatic heterocycles. The molecule has 0 spiro atoms. The molecular formula is C30H28N2O3. The van der Waals surface area contributed by atoms with E-state index >= 15 is 0 Å². The molecule has 0 radical (unpaired) electrons. The number of ether oxygens (including phenoxy) is 1. The monoisotopic (exact) mass is 464 g/mol. The lowest BCUT2D eigenvalue weighted by Crippen LogP contribution is -2.52. The van der Waals surface area contributed by atoms with Gasteiger partial charge >= 0.3 is 17.4 Å². The van der Waals surface area contributed by atoms with Gasteiger partial charge in [-0.15, -0.1) is 0 Å². The van der Waals surface area contributed by atoms with E-state index in [1.165, 1.54) is 4.90 Å². The third kappa shape index (κ3) is 4.74. The van der Waals surface area contributed by atoms with Crippen molar-refractivity contribution in [3.63, 3.8) is 0 Å². The molecule has 5 heteroatoms. The van der Waals surface area contributed by atoms with Crippen molar-refractivity contribution in [3.8, 4) is 0 Å². The first-order valence-electron chi connectivity index (χ1n) is 11.6. The van der Waals surface area contributed by atoms with E-state index in [1.54, 1.807) is 32.9 Å². The maximum atomic E-state index is 14.4. The highest BCUT2D eigenvalue weighted by Gasteiger charge is 2.59. The summed E-state index contributed by atoms with van der Waals surface area (Å²) >= 11 is 0. The molecule has 4 rings (SSSR count). The van der Waals surface area contributed by atoms with Crippen LogP contribution in [0.5, 0.6) is 0 Å². The Morgan fingerprint density at radius 1 is 0.943 bits per heavy atom. The molecule has 0 saturated carbocycles. The largest absolute Gasteiger partial charge is 0.459 e. The quantitative estimate of drug-likeness (QED) is 0.354. The van der Waals surface area contributed by atoms with E-state index in [9.17, 15) is 9.59 Å². The normalized spacial score (nSPS) is 20.1. The van der Waals surface area contributed by atoms with E-state index in [-0.39, 0.29) is 6.54 Å². The number of carbonyl (C=O) groups is 2. The number of nitrogens with zero attached hydrogens (tertiary/aromatic N) is 2. The molecule has 1 heterocycles. The summed E-state index contributed by atoms with van der Waals surface area (Å²) in [6.45, 7) is 13.4. The highest BCUT2D eigenvalue weighted by molar-refractivity contribution is 6.01. The number of benzene rings is 3. The zero-order valence-corrected chi connectivity index (χ0v) is 20.1. The Labute approximate surface area is 206 Å². The summed E-state index contributed by atoms with van der Waals surface area (Å²) in [5.74, 6) is -1.53. The summed E-state index contributed by atoms with van der Waals surface area (Å²) in [5, 5.41) is 0. The maximum Gasteiger partial charge on any atom is 0.344 e. The van der Waals surface area contributed by atoms with Crippen LogP contribution in [0.3, 0.4) is 0 Å². The molecule has 35 heavy (non-hydrogen) atoms. The number of rotatable bonds is 5. The standard InChI is InChI=1S/C30H28N2O3/c1-29(2,3)35-27(33)21-32-26(23-16-10-6-11-17-23)20-25(22-14-8-5-9-15-22)30(31-4,28(32)34)24-18-12-7-13-19-24/h5-20,25H,21H2,1-3H3/t25-,30+/m0/s1. The highest BCUT2D eigenvalue weighted by Crippen LogP contribution is 2.49. The SMILES string of the molecule is [C-]#[N+][C@@]1(c2ccccc2)C(=O)N(CC(=O)OC(C)(C)C)C(c2ccccc2)=C[C@H]1c1ccccc1. The first-order valence-corrected chi connectivity index (χ1v) is 11.6. The minimum absolute atomic E-state index is 0.289. The molecule has 0 saturated heterocycles. The van der Waals surface area contributed by atoms with E-state index in [4.69, 9.17) is 11.3 Å². The van der Waals surface area contributed by atoms with Gasteiger partial charge in [0.2, 0.25) is 0 Å². The van der Waals surface area contributed by atoms with E-state index in [1.807, 2.05) is 84.9 Å². The van der Waals surface area contributed by atoms with Crippen molar-refractivity contribution in [1.29, 1.82) is 0 Å². The molecule has 0 N–H and O–H groups in total. The van der Waals surface area contributed by atoms with Crippen molar-refractivity contribution < 1.29 is 14.3 Å². The van der Waals surface area contributed by atoms with Crippen molar-refractivity contribution >= 4 is 17.6 Å². The van der Waals surface area contributed by atoms with Gasteiger partial charge in [-0.2, -0.15) is 0 Å². The molecule has 2 atom stereocenters. The number of hydrogen-bond acceptors (Lipinski definition) is 3. The number of esters is 1. The molecule has 0 aliphatic carbocycles. The average Bonchev–Trinajstić information content (AvgIpc) is 2.85. The van der Waals surface area contributed by atoms with Gasteiger partial charge in [-0.25, -0.2) is 6.57 Å². The molecule has 1 aliphatic rings. The van der Waals surface area contributed by atoms with Crippen molar-refractivity contribution in [2.24, 2.45) is 0 Å². The smallest absolute Gasteiger partial charge is 0.344 e. The summed E-state index contributed by atoms with van der Waals surface area (Å²) in [6, 6.07) is 28.2. The van der Waals surface area contributed by atoms with Crippen LogP contribution in [0.25, 0.3) is 10.5 Å². The van der Waals surface area contributed by atoms with Crippen LogP contribution in [0.15, 0.2) is 97.1 Å². The van der Waals surface area contributed by atoms with Crippen LogP contribution in [0, 0.1) is 6.57 Å². The fourth-order valence-electron chi connectivity index (χ4n) is 4.51. The molecule has 0 bridgehead atoms. The van der Waals surface area contributed by atoms with Crippen molar-refractivity contribution in [2.75, 3.05) is 6.54 Å². The Balaban J connectivity index is 1.95. The number of hydrogen-bond donors (Lipinski definition) is 0. The van der Waals surface area contributed by atoms with E-state index in [0.29, 0.717) is 11.3 Å². The van der Waals surface area contributed by atoms with Crippen LogP contribution in [0.1, 0.15) is 43.4 Å². The Kier molecular flexibility index (Phi) is 6.57. The second kappa shape index (κ2) is 9.60. The second-order valence-corrected chi connectivity index (χ2v) is 9.53. The molecule has 176 valence electrons. The predicted octanol–water partition coefficient (Wildman–Crippen LogP) is 5.81. The summed E-state index contributed by atoms with van der Waals surface area (Å²) in [6.07, 6.45) is 1.95. The van der Waals surface area contributed by atoms with E-state index in [2.05, 4.69) is 4.85 Å². The van der Waals surface area contributed by atoms with Gasteiger partial charge in [-0.1, -0.05) is 91.0 Å². The van der Waals surface area contributed by atoms with Crippen LogP contribution in [-0.4, -0.2) is 28.9 Å². The van der Waals surface area contributed by atoms with Crippen molar-refractivity contribution in [1.82, 2.24) is 4.90 Å². The number of carbonyl (C=O) groups excluding carboxylic acids is 2. The lowest BCUT2D eigenvalue weighted by molar-refractivity contribution is -0.158. The lowest BCUT2D eigenvalue weighted by atomic mass is 9.71. The predicted molar refractivity (Wildman–Crippen MR) is 136 cm³/mol.